The molecule has 2 N–H and O–H groups in total. The van der Waals surface area contributed by atoms with Crippen LogP contribution in [0.25, 0.3) is 0 Å². The summed E-state index contributed by atoms with van der Waals surface area (Å²) in [5, 5.41) is 8.13. The fourth-order valence-corrected chi connectivity index (χ4v) is 2.37. The lowest BCUT2D eigenvalue weighted by Gasteiger charge is -2.33. The van der Waals surface area contributed by atoms with Gasteiger partial charge in [0.25, 0.3) is 0 Å². The molecule has 11 heteroatoms. The molecule has 25 heavy (non-hydrogen) atoms. The van der Waals surface area contributed by atoms with Gasteiger partial charge in [0.2, 0.25) is 11.8 Å². The molecule has 1 aromatic rings. The summed E-state index contributed by atoms with van der Waals surface area (Å²) in [4.78, 5) is 27.0. The first-order chi connectivity index (χ1) is 11.7. The van der Waals surface area contributed by atoms with Gasteiger partial charge in [0.05, 0.1) is 13.1 Å². The van der Waals surface area contributed by atoms with Crippen LogP contribution in [0, 0.1) is 6.92 Å². The first-order valence-electron chi connectivity index (χ1n) is 7.72. The number of amides is 2. The van der Waals surface area contributed by atoms with Gasteiger partial charge in [-0.05, 0) is 6.92 Å². The number of anilines is 1. The second-order valence-corrected chi connectivity index (χ2v) is 5.82. The zero-order chi connectivity index (χ0) is 18.4. The average molecular weight is 363 g/mol. The number of alkyl halides is 3. The van der Waals surface area contributed by atoms with Crippen molar-refractivity contribution in [2.45, 2.75) is 13.1 Å². The van der Waals surface area contributed by atoms with E-state index in [4.69, 9.17) is 4.52 Å². The maximum Gasteiger partial charge on any atom is 0.405 e. The molecule has 1 aliphatic heterocycles. The van der Waals surface area contributed by atoms with E-state index in [1.165, 1.54) is 0 Å². The van der Waals surface area contributed by atoms with E-state index >= 15 is 0 Å². The Bertz CT molecular complexity index is 597. The first kappa shape index (κ1) is 19.2. The standard InChI is InChI=1S/C14H20F3N5O3/c1-10-6-11(20-25-10)19-13(24)8-22-4-2-21(3-5-22)7-12(23)18-9-14(15,16)17/h6H,2-5,7-9H2,1H3,(H,18,23)(H,19,20,24). The van der Waals surface area contributed by atoms with E-state index in [0.717, 1.165) is 0 Å². The van der Waals surface area contributed by atoms with Crippen LogP contribution < -0.4 is 10.6 Å². The van der Waals surface area contributed by atoms with E-state index < -0.39 is 18.6 Å². The zero-order valence-corrected chi connectivity index (χ0v) is 13.7. The Morgan fingerprint density at radius 1 is 1.16 bits per heavy atom. The van der Waals surface area contributed by atoms with Gasteiger partial charge in [-0.15, -0.1) is 0 Å². The minimum absolute atomic E-state index is 0.0890. The SMILES string of the molecule is Cc1cc(NC(=O)CN2CCN(CC(=O)NCC(F)(F)F)CC2)no1. The molecule has 0 bridgehead atoms. The van der Waals surface area contributed by atoms with Crippen molar-refractivity contribution in [2.75, 3.05) is 51.1 Å². The Labute approximate surface area is 142 Å². The summed E-state index contributed by atoms with van der Waals surface area (Å²) in [5.41, 5.74) is 0. The van der Waals surface area contributed by atoms with Gasteiger partial charge in [-0.25, -0.2) is 0 Å². The molecule has 0 radical (unpaired) electrons. The van der Waals surface area contributed by atoms with Crippen molar-refractivity contribution >= 4 is 17.6 Å². The fraction of sp³-hybridized carbons (Fsp3) is 0.643. The Kier molecular flexibility index (Phi) is 6.37. The van der Waals surface area contributed by atoms with Crippen LogP contribution in [0.1, 0.15) is 5.76 Å². The van der Waals surface area contributed by atoms with Crippen molar-refractivity contribution < 1.29 is 27.3 Å². The summed E-state index contributed by atoms with van der Waals surface area (Å²) in [5.74, 6) is 0.0461. The van der Waals surface area contributed by atoms with E-state index in [1.54, 1.807) is 17.9 Å². The molecule has 1 saturated heterocycles. The highest BCUT2D eigenvalue weighted by Gasteiger charge is 2.28. The van der Waals surface area contributed by atoms with E-state index in [1.807, 2.05) is 10.2 Å². The number of nitrogens with zero attached hydrogens (tertiary/aromatic N) is 3. The average Bonchev–Trinajstić information content (AvgIpc) is 2.91. The molecule has 2 rings (SSSR count). The molecule has 140 valence electrons. The molecule has 1 fully saturated rings. The van der Waals surface area contributed by atoms with Crippen molar-refractivity contribution in [1.82, 2.24) is 20.3 Å². The Morgan fingerprint density at radius 2 is 1.72 bits per heavy atom. The van der Waals surface area contributed by atoms with E-state index in [-0.39, 0.29) is 19.0 Å². The lowest BCUT2D eigenvalue weighted by Crippen LogP contribution is -2.51. The molecule has 1 aromatic heterocycles. The number of hydrogen-bond acceptors (Lipinski definition) is 6. The molecule has 0 atom stereocenters. The zero-order valence-electron chi connectivity index (χ0n) is 13.7. The van der Waals surface area contributed by atoms with Gasteiger partial charge >= 0.3 is 6.18 Å². The van der Waals surface area contributed by atoms with E-state index in [0.29, 0.717) is 37.8 Å². The van der Waals surface area contributed by atoms with Crippen LogP contribution in [0.4, 0.5) is 19.0 Å². The van der Waals surface area contributed by atoms with Crippen molar-refractivity contribution in [2.24, 2.45) is 0 Å². The maximum atomic E-state index is 12.0. The first-order valence-corrected chi connectivity index (χ1v) is 7.72. The van der Waals surface area contributed by atoms with Crippen LogP contribution in [0.5, 0.6) is 0 Å². The highest BCUT2D eigenvalue weighted by molar-refractivity contribution is 5.91. The Hall–Kier alpha value is -2.14. The van der Waals surface area contributed by atoms with E-state index in [2.05, 4.69) is 10.5 Å². The highest BCUT2D eigenvalue weighted by atomic mass is 19.4. The second-order valence-electron chi connectivity index (χ2n) is 5.82. The van der Waals surface area contributed by atoms with Gasteiger partial charge in [-0.3, -0.25) is 19.4 Å². The number of carbonyl (C=O) groups excluding carboxylic acids is 2. The fourth-order valence-electron chi connectivity index (χ4n) is 2.37. The van der Waals surface area contributed by atoms with Crippen molar-refractivity contribution in [1.29, 1.82) is 0 Å². The van der Waals surface area contributed by atoms with Crippen LogP contribution in [0.3, 0.4) is 0 Å². The molecule has 0 saturated carbocycles. The van der Waals surface area contributed by atoms with Gasteiger partial charge in [0.1, 0.15) is 12.3 Å². The molecular formula is C14H20F3N5O3. The molecule has 0 aromatic carbocycles. The molecule has 0 unspecified atom stereocenters. The number of nitrogens with one attached hydrogen (secondary N) is 2. The summed E-state index contributed by atoms with van der Waals surface area (Å²) in [6.45, 7) is 2.54. The molecule has 1 aliphatic rings. The Morgan fingerprint density at radius 3 is 2.20 bits per heavy atom. The van der Waals surface area contributed by atoms with Crippen molar-refractivity contribution in [3.05, 3.63) is 11.8 Å². The Balaban J connectivity index is 1.65. The molecule has 8 nitrogen and oxygen atoms in total. The monoisotopic (exact) mass is 363 g/mol. The van der Waals surface area contributed by atoms with Gasteiger partial charge < -0.3 is 15.2 Å². The van der Waals surface area contributed by atoms with Crippen LogP contribution in [0.2, 0.25) is 0 Å². The third-order valence-corrected chi connectivity index (χ3v) is 3.58. The molecule has 2 heterocycles. The number of aromatic nitrogens is 1. The van der Waals surface area contributed by atoms with Crippen LogP contribution in [-0.2, 0) is 9.59 Å². The molecule has 2 amide bonds. The van der Waals surface area contributed by atoms with Crippen LogP contribution in [-0.4, -0.2) is 78.8 Å². The van der Waals surface area contributed by atoms with Gasteiger partial charge in [-0.1, -0.05) is 5.16 Å². The summed E-state index contributed by atoms with van der Waals surface area (Å²) in [6.07, 6.45) is -4.41. The minimum Gasteiger partial charge on any atom is -0.360 e. The molecule has 0 spiro atoms. The smallest absolute Gasteiger partial charge is 0.360 e. The predicted molar refractivity (Wildman–Crippen MR) is 81.8 cm³/mol. The summed E-state index contributed by atoms with van der Waals surface area (Å²) in [6, 6.07) is 1.61. The lowest BCUT2D eigenvalue weighted by atomic mass is 10.3. The number of hydrogen-bond donors (Lipinski definition) is 2. The van der Waals surface area contributed by atoms with Crippen molar-refractivity contribution in [3.8, 4) is 0 Å². The quantitative estimate of drug-likeness (QED) is 0.751. The largest absolute Gasteiger partial charge is 0.405 e. The second kappa shape index (κ2) is 8.30. The summed E-state index contributed by atoms with van der Waals surface area (Å²) >= 11 is 0. The topological polar surface area (TPSA) is 90.7 Å². The highest BCUT2D eigenvalue weighted by Crippen LogP contribution is 2.12. The third-order valence-electron chi connectivity index (χ3n) is 3.58. The summed E-state index contributed by atoms with van der Waals surface area (Å²) in [7, 11) is 0. The van der Waals surface area contributed by atoms with E-state index in [9.17, 15) is 22.8 Å². The van der Waals surface area contributed by atoms with Crippen LogP contribution in [0.15, 0.2) is 10.6 Å². The summed E-state index contributed by atoms with van der Waals surface area (Å²) < 4.78 is 41.0. The number of piperazine rings is 1. The third kappa shape index (κ3) is 7.10. The number of halogens is 3. The molecule has 0 aliphatic carbocycles. The molecular weight excluding hydrogens is 343 g/mol. The number of carbonyl (C=O) groups is 2. The van der Waals surface area contributed by atoms with Crippen molar-refractivity contribution in [3.63, 3.8) is 0 Å². The van der Waals surface area contributed by atoms with Gasteiger partial charge in [0.15, 0.2) is 5.82 Å². The van der Waals surface area contributed by atoms with Crippen LogP contribution >= 0.6 is 0 Å². The predicted octanol–water partition coefficient (Wildman–Crippen LogP) is 0.218. The van der Waals surface area contributed by atoms with Gasteiger partial charge in [0, 0.05) is 32.2 Å². The normalized spacial score (nSPS) is 16.6. The number of aryl methyl sites for hydroxylation is 1. The minimum atomic E-state index is -4.41. The maximum absolute atomic E-state index is 12.0. The lowest BCUT2D eigenvalue weighted by molar-refractivity contribution is -0.139. The number of rotatable bonds is 6. The van der Waals surface area contributed by atoms with Gasteiger partial charge in [-0.2, -0.15) is 13.2 Å².